The lowest BCUT2D eigenvalue weighted by Crippen LogP contribution is -2.29. The lowest BCUT2D eigenvalue weighted by molar-refractivity contribution is -0.121. The summed E-state index contributed by atoms with van der Waals surface area (Å²) in [7, 11) is 0. The van der Waals surface area contributed by atoms with E-state index in [0.29, 0.717) is 25.4 Å². The van der Waals surface area contributed by atoms with Gasteiger partial charge in [0.1, 0.15) is 6.54 Å². The van der Waals surface area contributed by atoms with E-state index >= 15 is 0 Å². The normalized spacial score (nSPS) is 10.6. The van der Waals surface area contributed by atoms with Crippen molar-refractivity contribution in [3.63, 3.8) is 0 Å². The highest BCUT2D eigenvalue weighted by molar-refractivity contribution is 5.75. The number of hydrogen-bond acceptors (Lipinski definition) is 5. The van der Waals surface area contributed by atoms with Gasteiger partial charge in [0.15, 0.2) is 0 Å². The van der Waals surface area contributed by atoms with Crippen LogP contribution in [0.15, 0.2) is 6.20 Å². The minimum atomic E-state index is -0.0843. The topological polar surface area (TPSA) is 95.1 Å². The van der Waals surface area contributed by atoms with Gasteiger partial charge in [0.05, 0.1) is 11.9 Å². The number of aromatic nitrogens is 3. The van der Waals surface area contributed by atoms with E-state index in [0.717, 1.165) is 19.4 Å². The van der Waals surface area contributed by atoms with Gasteiger partial charge in [-0.15, -0.1) is 5.10 Å². The standard InChI is InChI=1S/C11H21N5O2/c1-2-5-18-6-3-4-13-11(17)9-16-8-10(7-12)14-15-16/h8H,2-7,9,12H2,1H3,(H,13,17). The van der Waals surface area contributed by atoms with Gasteiger partial charge in [0, 0.05) is 26.3 Å². The second kappa shape index (κ2) is 8.60. The van der Waals surface area contributed by atoms with E-state index < -0.39 is 0 Å². The quantitative estimate of drug-likeness (QED) is 0.589. The van der Waals surface area contributed by atoms with Gasteiger partial charge in [-0.05, 0) is 12.8 Å². The summed E-state index contributed by atoms with van der Waals surface area (Å²) in [5.74, 6) is -0.0843. The van der Waals surface area contributed by atoms with Crippen molar-refractivity contribution in [2.75, 3.05) is 19.8 Å². The smallest absolute Gasteiger partial charge is 0.241 e. The Morgan fingerprint density at radius 1 is 1.56 bits per heavy atom. The molecular weight excluding hydrogens is 234 g/mol. The highest BCUT2D eigenvalue weighted by atomic mass is 16.5. The number of nitrogens with zero attached hydrogens (tertiary/aromatic N) is 3. The number of rotatable bonds is 9. The summed E-state index contributed by atoms with van der Waals surface area (Å²) in [6.07, 6.45) is 3.50. The maximum atomic E-state index is 11.5. The van der Waals surface area contributed by atoms with Gasteiger partial charge in [0.2, 0.25) is 5.91 Å². The van der Waals surface area contributed by atoms with Gasteiger partial charge in [-0.2, -0.15) is 0 Å². The monoisotopic (exact) mass is 255 g/mol. The number of carbonyl (C=O) groups excluding carboxylic acids is 1. The highest BCUT2D eigenvalue weighted by Gasteiger charge is 2.04. The fourth-order valence-corrected chi connectivity index (χ4v) is 1.36. The Labute approximate surface area is 107 Å². The number of carbonyl (C=O) groups is 1. The Hall–Kier alpha value is -1.47. The van der Waals surface area contributed by atoms with Crippen LogP contribution in [-0.4, -0.2) is 40.7 Å². The van der Waals surface area contributed by atoms with E-state index in [4.69, 9.17) is 10.5 Å². The lowest BCUT2D eigenvalue weighted by Gasteiger charge is -2.05. The third-order valence-corrected chi connectivity index (χ3v) is 2.24. The van der Waals surface area contributed by atoms with Crippen molar-refractivity contribution in [3.8, 4) is 0 Å². The molecule has 0 aliphatic carbocycles. The molecule has 0 saturated carbocycles. The first-order valence-corrected chi connectivity index (χ1v) is 6.19. The van der Waals surface area contributed by atoms with Crippen LogP contribution in [0.5, 0.6) is 0 Å². The molecule has 0 saturated heterocycles. The summed E-state index contributed by atoms with van der Waals surface area (Å²) in [6.45, 7) is 4.62. The Balaban J connectivity index is 2.10. The molecule has 0 bridgehead atoms. The number of nitrogens with two attached hydrogens (primary N) is 1. The zero-order valence-electron chi connectivity index (χ0n) is 10.8. The molecule has 0 aliphatic rings. The van der Waals surface area contributed by atoms with Crippen molar-refractivity contribution in [3.05, 3.63) is 11.9 Å². The van der Waals surface area contributed by atoms with Gasteiger partial charge in [0.25, 0.3) is 0 Å². The van der Waals surface area contributed by atoms with E-state index in [1.807, 2.05) is 0 Å². The summed E-state index contributed by atoms with van der Waals surface area (Å²) in [6, 6.07) is 0. The van der Waals surface area contributed by atoms with Crippen molar-refractivity contribution >= 4 is 5.91 Å². The molecule has 0 radical (unpaired) electrons. The molecule has 3 N–H and O–H groups in total. The van der Waals surface area contributed by atoms with Crippen molar-refractivity contribution < 1.29 is 9.53 Å². The van der Waals surface area contributed by atoms with Crippen LogP contribution in [0.25, 0.3) is 0 Å². The zero-order valence-corrected chi connectivity index (χ0v) is 10.8. The zero-order chi connectivity index (χ0) is 13.2. The van der Waals surface area contributed by atoms with Crippen molar-refractivity contribution in [1.29, 1.82) is 0 Å². The van der Waals surface area contributed by atoms with Crippen molar-refractivity contribution in [2.24, 2.45) is 5.73 Å². The average molecular weight is 255 g/mol. The fourth-order valence-electron chi connectivity index (χ4n) is 1.36. The van der Waals surface area contributed by atoms with E-state index in [1.165, 1.54) is 4.68 Å². The molecule has 7 heteroatoms. The molecule has 1 amide bonds. The SMILES string of the molecule is CCCOCCCNC(=O)Cn1cc(CN)nn1. The summed E-state index contributed by atoms with van der Waals surface area (Å²) in [5.41, 5.74) is 6.08. The number of ether oxygens (including phenoxy) is 1. The molecule has 0 aliphatic heterocycles. The second-order valence-electron chi connectivity index (χ2n) is 3.93. The van der Waals surface area contributed by atoms with E-state index in [-0.39, 0.29) is 12.5 Å². The predicted molar refractivity (Wildman–Crippen MR) is 66.7 cm³/mol. The number of hydrogen-bond donors (Lipinski definition) is 2. The molecule has 1 aromatic rings. The van der Waals surface area contributed by atoms with Gasteiger partial charge in [-0.25, -0.2) is 4.68 Å². The first kappa shape index (κ1) is 14.6. The minimum Gasteiger partial charge on any atom is -0.381 e. The summed E-state index contributed by atoms with van der Waals surface area (Å²) < 4.78 is 6.79. The van der Waals surface area contributed by atoms with Crippen LogP contribution in [0.3, 0.4) is 0 Å². The molecule has 7 nitrogen and oxygen atoms in total. The van der Waals surface area contributed by atoms with Crippen LogP contribution in [0.1, 0.15) is 25.5 Å². The first-order valence-electron chi connectivity index (χ1n) is 6.19. The molecule has 0 aromatic carbocycles. The molecule has 1 rings (SSSR count). The molecule has 1 heterocycles. The first-order chi connectivity index (χ1) is 8.76. The van der Waals surface area contributed by atoms with Gasteiger partial charge in [-0.1, -0.05) is 12.1 Å². The minimum absolute atomic E-state index is 0.0843. The maximum Gasteiger partial charge on any atom is 0.241 e. The molecule has 0 unspecified atom stereocenters. The van der Waals surface area contributed by atoms with E-state index in [9.17, 15) is 4.79 Å². The maximum absolute atomic E-state index is 11.5. The summed E-state index contributed by atoms with van der Waals surface area (Å²) in [4.78, 5) is 11.5. The van der Waals surface area contributed by atoms with Crippen LogP contribution in [-0.2, 0) is 22.6 Å². The summed E-state index contributed by atoms with van der Waals surface area (Å²) >= 11 is 0. The third-order valence-electron chi connectivity index (χ3n) is 2.24. The van der Waals surface area contributed by atoms with E-state index in [1.54, 1.807) is 6.20 Å². The summed E-state index contributed by atoms with van der Waals surface area (Å²) in [5, 5.41) is 10.4. The third kappa shape index (κ3) is 5.74. The fraction of sp³-hybridized carbons (Fsp3) is 0.727. The Morgan fingerprint density at radius 2 is 2.39 bits per heavy atom. The van der Waals surface area contributed by atoms with Crippen LogP contribution >= 0.6 is 0 Å². The molecular formula is C11H21N5O2. The van der Waals surface area contributed by atoms with E-state index in [2.05, 4.69) is 22.6 Å². The Morgan fingerprint density at radius 3 is 3.06 bits per heavy atom. The highest BCUT2D eigenvalue weighted by Crippen LogP contribution is 1.91. The van der Waals surface area contributed by atoms with Crippen LogP contribution < -0.4 is 11.1 Å². The lowest BCUT2D eigenvalue weighted by atomic mass is 10.4. The molecule has 1 aromatic heterocycles. The van der Waals surface area contributed by atoms with Crippen molar-refractivity contribution in [1.82, 2.24) is 20.3 Å². The molecule has 18 heavy (non-hydrogen) atoms. The van der Waals surface area contributed by atoms with Gasteiger partial charge < -0.3 is 15.8 Å². The Bertz CT molecular complexity index is 353. The van der Waals surface area contributed by atoms with Crippen LogP contribution in [0.4, 0.5) is 0 Å². The van der Waals surface area contributed by atoms with Crippen molar-refractivity contribution in [2.45, 2.75) is 32.9 Å². The number of nitrogens with one attached hydrogen (secondary N) is 1. The average Bonchev–Trinajstić information content (AvgIpc) is 2.81. The second-order valence-corrected chi connectivity index (χ2v) is 3.93. The molecule has 0 spiro atoms. The molecule has 0 fully saturated rings. The van der Waals surface area contributed by atoms with Gasteiger partial charge in [-0.3, -0.25) is 4.79 Å². The largest absolute Gasteiger partial charge is 0.381 e. The predicted octanol–water partition coefficient (Wildman–Crippen LogP) is -0.330. The molecule has 102 valence electrons. The number of amides is 1. The Kier molecular flexibility index (Phi) is 6.97. The van der Waals surface area contributed by atoms with Gasteiger partial charge >= 0.3 is 0 Å². The van der Waals surface area contributed by atoms with Crippen LogP contribution in [0, 0.1) is 0 Å². The van der Waals surface area contributed by atoms with Crippen LogP contribution in [0.2, 0.25) is 0 Å². The molecule has 0 atom stereocenters.